The highest BCUT2D eigenvalue weighted by molar-refractivity contribution is 4.76. The summed E-state index contributed by atoms with van der Waals surface area (Å²) in [4.78, 5) is 0. The van der Waals surface area contributed by atoms with Crippen molar-refractivity contribution in [1.82, 2.24) is 0 Å². The largest absolute Gasteiger partial charge is 0.0917 e. The molecular weight excluding hydrogens is 312 g/mol. The second kappa shape index (κ2) is 24.7. The van der Waals surface area contributed by atoms with Gasteiger partial charge in [-0.25, -0.2) is 0 Å². The van der Waals surface area contributed by atoms with Gasteiger partial charge in [0.1, 0.15) is 0 Å². The maximum absolute atomic E-state index is 2.30. The van der Waals surface area contributed by atoms with Crippen molar-refractivity contribution in [3.8, 4) is 0 Å². The van der Waals surface area contributed by atoms with Crippen molar-refractivity contribution < 1.29 is 0 Å². The average Bonchev–Trinajstić information content (AvgIpc) is 2.66. The first-order valence-corrected chi connectivity index (χ1v) is 12.5. The lowest BCUT2D eigenvalue weighted by Crippen LogP contribution is -1.84. The lowest BCUT2D eigenvalue weighted by Gasteiger charge is -2.04. The number of hydrogen-bond donors (Lipinski definition) is 0. The van der Waals surface area contributed by atoms with Crippen LogP contribution in [0.1, 0.15) is 155 Å². The fourth-order valence-electron chi connectivity index (χ4n) is 3.86. The maximum atomic E-state index is 2.30. The van der Waals surface area contributed by atoms with Crippen LogP contribution >= 0.6 is 0 Å². The third kappa shape index (κ3) is 23.7. The minimum absolute atomic E-state index is 1.29. The van der Waals surface area contributed by atoms with Gasteiger partial charge >= 0.3 is 0 Å². The molecule has 0 heterocycles. The van der Waals surface area contributed by atoms with Crippen LogP contribution in [0.2, 0.25) is 0 Å². The van der Waals surface area contributed by atoms with E-state index in [1.54, 1.807) is 0 Å². The van der Waals surface area contributed by atoms with Crippen molar-refractivity contribution in [2.24, 2.45) is 0 Å². The fraction of sp³-hybridized carbons (Fsp3) is 0.923. The van der Waals surface area contributed by atoms with E-state index in [1.165, 1.54) is 141 Å². The molecule has 0 unspecified atom stereocenters. The molecule has 0 aromatic rings. The van der Waals surface area contributed by atoms with E-state index in [1.807, 2.05) is 0 Å². The quantitative estimate of drug-likeness (QED) is 0.132. The Bertz CT molecular complexity index is 253. The first-order valence-electron chi connectivity index (χ1n) is 12.5. The summed E-state index contributed by atoms with van der Waals surface area (Å²) < 4.78 is 0. The van der Waals surface area contributed by atoms with E-state index in [-0.39, 0.29) is 0 Å². The van der Waals surface area contributed by atoms with Gasteiger partial charge in [-0.2, -0.15) is 0 Å². The van der Waals surface area contributed by atoms with Gasteiger partial charge in [0.2, 0.25) is 0 Å². The van der Waals surface area contributed by atoms with E-state index in [0.29, 0.717) is 0 Å². The molecule has 0 aliphatic rings. The zero-order chi connectivity index (χ0) is 19.0. The highest BCUT2D eigenvalue weighted by atomic mass is 14.0. The van der Waals surface area contributed by atoms with E-state index in [2.05, 4.69) is 26.0 Å². The summed E-state index contributed by atoms with van der Waals surface area (Å²) in [6, 6.07) is 0. The molecule has 0 aromatic carbocycles. The molecular formula is C26H52. The summed E-state index contributed by atoms with van der Waals surface area (Å²) in [6.07, 6.45) is 36.6. The Kier molecular flexibility index (Phi) is 24.5. The van der Waals surface area contributed by atoms with E-state index in [9.17, 15) is 0 Å². The summed E-state index contributed by atoms with van der Waals surface area (Å²) in [5.41, 5.74) is 0. The molecule has 0 saturated heterocycles. The topological polar surface area (TPSA) is 0 Å². The van der Waals surface area contributed by atoms with Gasteiger partial charge in [-0.1, -0.05) is 147 Å². The molecule has 0 bridgehead atoms. The maximum Gasteiger partial charge on any atom is -0.0351 e. The average molecular weight is 365 g/mol. The number of rotatable bonds is 22. The SMILES string of the molecule is CC=CCCCCCCCCCCCCCCCCCCCCCCC. The highest BCUT2D eigenvalue weighted by Crippen LogP contribution is 2.15. The monoisotopic (exact) mass is 364 g/mol. The van der Waals surface area contributed by atoms with E-state index >= 15 is 0 Å². The minimum Gasteiger partial charge on any atom is -0.0917 e. The molecule has 0 nitrogen and oxygen atoms in total. The third-order valence-corrected chi connectivity index (χ3v) is 5.71. The Morgan fingerprint density at radius 1 is 0.385 bits per heavy atom. The lowest BCUT2D eigenvalue weighted by molar-refractivity contribution is 0.520. The zero-order valence-electron chi connectivity index (χ0n) is 18.7. The normalized spacial score (nSPS) is 11.6. The molecule has 0 aromatic heterocycles. The smallest absolute Gasteiger partial charge is 0.0351 e. The van der Waals surface area contributed by atoms with Gasteiger partial charge in [-0.05, 0) is 19.8 Å². The Balaban J connectivity index is 2.97. The molecule has 156 valence electrons. The Hall–Kier alpha value is -0.260. The van der Waals surface area contributed by atoms with Crippen molar-refractivity contribution in [2.45, 2.75) is 155 Å². The summed E-state index contributed by atoms with van der Waals surface area (Å²) in [5.74, 6) is 0. The van der Waals surface area contributed by atoms with E-state index < -0.39 is 0 Å². The minimum atomic E-state index is 1.29. The number of unbranched alkanes of at least 4 members (excludes halogenated alkanes) is 21. The van der Waals surface area contributed by atoms with Crippen LogP contribution in [0.25, 0.3) is 0 Å². The first kappa shape index (κ1) is 25.7. The Labute approximate surface area is 167 Å². The second-order valence-corrected chi connectivity index (χ2v) is 8.43. The molecule has 0 spiro atoms. The van der Waals surface area contributed by atoms with Crippen molar-refractivity contribution in [3.63, 3.8) is 0 Å². The summed E-state index contributed by atoms with van der Waals surface area (Å²) in [7, 11) is 0. The van der Waals surface area contributed by atoms with E-state index in [4.69, 9.17) is 0 Å². The molecule has 0 N–H and O–H groups in total. The first-order chi connectivity index (χ1) is 12.9. The van der Waals surface area contributed by atoms with Crippen molar-refractivity contribution in [2.75, 3.05) is 0 Å². The Morgan fingerprint density at radius 3 is 0.923 bits per heavy atom. The predicted octanol–water partition coefficient (Wildman–Crippen LogP) is 10.2. The van der Waals surface area contributed by atoms with Gasteiger partial charge in [0.15, 0.2) is 0 Å². The van der Waals surface area contributed by atoms with Crippen LogP contribution in [0.5, 0.6) is 0 Å². The van der Waals surface area contributed by atoms with Crippen molar-refractivity contribution in [3.05, 3.63) is 12.2 Å². The molecule has 0 saturated carbocycles. The van der Waals surface area contributed by atoms with Crippen LogP contribution < -0.4 is 0 Å². The molecule has 0 rings (SSSR count). The van der Waals surface area contributed by atoms with Crippen LogP contribution in [0.4, 0.5) is 0 Å². The van der Waals surface area contributed by atoms with Gasteiger partial charge in [-0.15, -0.1) is 0 Å². The van der Waals surface area contributed by atoms with Gasteiger partial charge < -0.3 is 0 Å². The van der Waals surface area contributed by atoms with Crippen LogP contribution in [0.3, 0.4) is 0 Å². The van der Waals surface area contributed by atoms with Gasteiger partial charge in [-0.3, -0.25) is 0 Å². The predicted molar refractivity (Wildman–Crippen MR) is 122 cm³/mol. The molecule has 26 heavy (non-hydrogen) atoms. The highest BCUT2D eigenvalue weighted by Gasteiger charge is 1.95. The van der Waals surface area contributed by atoms with Gasteiger partial charge in [0.25, 0.3) is 0 Å². The molecule has 0 heteroatoms. The van der Waals surface area contributed by atoms with Gasteiger partial charge in [0.05, 0.1) is 0 Å². The molecule has 0 aliphatic carbocycles. The number of hydrogen-bond acceptors (Lipinski definition) is 0. The number of allylic oxidation sites excluding steroid dienone is 2. The van der Waals surface area contributed by atoms with Crippen molar-refractivity contribution >= 4 is 0 Å². The summed E-state index contributed by atoms with van der Waals surface area (Å²) in [6.45, 7) is 4.42. The van der Waals surface area contributed by atoms with Crippen molar-refractivity contribution in [1.29, 1.82) is 0 Å². The van der Waals surface area contributed by atoms with Crippen LogP contribution in [-0.4, -0.2) is 0 Å². The zero-order valence-corrected chi connectivity index (χ0v) is 18.7. The summed E-state index contributed by atoms with van der Waals surface area (Å²) >= 11 is 0. The standard InChI is InChI=1S/C26H52/c1-3-5-7-9-11-13-15-17-19-21-23-25-26-24-22-20-18-16-14-12-10-8-6-4-2/h3,5H,4,6-26H2,1-2H3. The second-order valence-electron chi connectivity index (χ2n) is 8.43. The molecule has 0 radical (unpaired) electrons. The van der Waals surface area contributed by atoms with Crippen LogP contribution in [0.15, 0.2) is 12.2 Å². The fourth-order valence-corrected chi connectivity index (χ4v) is 3.86. The summed E-state index contributed by atoms with van der Waals surface area (Å²) in [5, 5.41) is 0. The molecule has 0 atom stereocenters. The molecule has 0 amide bonds. The molecule has 0 aliphatic heterocycles. The van der Waals surface area contributed by atoms with E-state index in [0.717, 1.165) is 0 Å². The van der Waals surface area contributed by atoms with Crippen LogP contribution in [0, 0.1) is 0 Å². The Morgan fingerprint density at radius 2 is 0.654 bits per heavy atom. The third-order valence-electron chi connectivity index (χ3n) is 5.71. The van der Waals surface area contributed by atoms with Gasteiger partial charge in [0, 0.05) is 0 Å². The van der Waals surface area contributed by atoms with Crippen LogP contribution in [-0.2, 0) is 0 Å². The lowest BCUT2D eigenvalue weighted by atomic mass is 10.0. The molecule has 0 fully saturated rings.